The number of phenols is 1. The Morgan fingerprint density at radius 1 is 1.00 bits per heavy atom. The lowest BCUT2D eigenvalue weighted by Crippen LogP contribution is -2.27. The molecule has 1 aliphatic rings. The van der Waals surface area contributed by atoms with Gasteiger partial charge in [0.15, 0.2) is 0 Å². The average Bonchev–Trinajstić information content (AvgIpc) is 2.81. The molecule has 0 atom stereocenters. The molecule has 0 aliphatic carbocycles. The number of benzene rings is 1. The number of anilines is 1. The van der Waals surface area contributed by atoms with Crippen LogP contribution in [0.3, 0.4) is 0 Å². The summed E-state index contributed by atoms with van der Waals surface area (Å²) in [7, 11) is 2.49. The topological polar surface area (TPSA) is 76.1 Å². The Morgan fingerprint density at radius 3 is 2.29 bits per heavy atom. The van der Waals surface area contributed by atoms with Crippen molar-refractivity contribution in [1.82, 2.24) is 0 Å². The molecule has 0 aromatic heterocycles. The molecular weight excluding hydrogens is 310 g/mol. The molecular formula is C18H19NO5. The van der Waals surface area contributed by atoms with Crippen LogP contribution in [0.15, 0.2) is 47.8 Å². The van der Waals surface area contributed by atoms with Gasteiger partial charge in [0.25, 0.3) is 0 Å². The van der Waals surface area contributed by atoms with Crippen molar-refractivity contribution in [3.05, 3.63) is 59.0 Å². The average molecular weight is 329 g/mol. The number of methoxy groups -OCH3 is 2. The van der Waals surface area contributed by atoms with Crippen LogP contribution in [0.1, 0.15) is 11.1 Å². The lowest BCUT2D eigenvalue weighted by Gasteiger charge is -2.25. The fourth-order valence-corrected chi connectivity index (χ4v) is 2.40. The lowest BCUT2D eigenvalue weighted by molar-refractivity contribution is -0.139. The van der Waals surface area contributed by atoms with E-state index in [9.17, 15) is 14.7 Å². The number of esters is 2. The van der Waals surface area contributed by atoms with E-state index in [2.05, 4.69) is 0 Å². The molecule has 0 saturated carbocycles. The second kappa shape index (κ2) is 7.04. The summed E-state index contributed by atoms with van der Waals surface area (Å²) in [6.45, 7) is 3.60. The molecule has 1 heterocycles. The molecule has 0 fully saturated rings. The van der Waals surface area contributed by atoms with E-state index >= 15 is 0 Å². The smallest absolute Gasteiger partial charge is 0.355 e. The van der Waals surface area contributed by atoms with Crippen LogP contribution in [0.4, 0.5) is 5.69 Å². The quantitative estimate of drug-likeness (QED) is 0.859. The van der Waals surface area contributed by atoms with E-state index < -0.39 is 11.9 Å². The number of hydrogen-bond donors (Lipinski definition) is 1. The van der Waals surface area contributed by atoms with Gasteiger partial charge in [0.1, 0.15) is 11.4 Å². The molecule has 6 heteroatoms. The van der Waals surface area contributed by atoms with Crippen molar-refractivity contribution in [2.45, 2.75) is 13.8 Å². The molecule has 0 bridgehead atoms. The Morgan fingerprint density at radius 2 is 1.67 bits per heavy atom. The number of aromatic hydroxyl groups is 1. The third-order valence-corrected chi connectivity index (χ3v) is 3.88. The van der Waals surface area contributed by atoms with Crippen LogP contribution in [0.5, 0.6) is 5.75 Å². The second-order valence-corrected chi connectivity index (χ2v) is 5.17. The van der Waals surface area contributed by atoms with Crippen LogP contribution in [0.2, 0.25) is 0 Å². The van der Waals surface area contributed by atoms with Gasteiger partial charge in [0, 0.05) is 11.9 Å². The van der Waals surface area contributed by atoms with Gasteiger partial charge in [-0.25, -0.2) is 9.59 Å². The highest BCUT2D eigenvalue weighted by molar-refractivity contribution is 6.05. The monoisotopic (exact) mass is 329 g/mol. The van der Waals surface area contributed by atoms with Gasteiger partial charge >= 0.3 is 11.9 Å². The molecule has 1 aliphatic heterocycles. The highest BCUT2D eigenvalue weighted by Crippen LogP contribution is 2.33. The van der Waals surface area contributed by atoms with Crippen molar-refractivity contribution in [3.63, 3.8) is 0 Å². The Hall–Kier alpha value is -3.02. The van der Waals surface area contributed by atoms with Crippen LogP contribution in [-0.4, -0.2) is 31.3 Å². The van der Waals surface area contributed by atoms with Crippen molar-refractivity contribution >= 4 is 17.6 Å². The number of ether oxygens (including phenoxy) is 2. The zero-order valence-corrected chi connectivity index (χ0v) is 14.0. The van der Waals surface area contributed by atoms with E-state index in [0.29, 0.717) is 11.3 Å². The van der Waals surface area contributed by atoms with E-state index in [1.807, 2.05) is 6.92 Å². The fourth-order valence-electron chi connectivity index (χ4n) is 2.40. The first kappa shape index (κ1) is 17.3. The largest absolute Gasteiger partial charge is 0.508 e. The first-order valence-corrected chi connectivity index (χ1v) is 7.26. The van der Waals surface area contributed by atoms with E-state index in [-0.39, 0.29) is 17.0 Å². The van der Waals surface area contributed by atoms with Gasteiger partial charge in [-0.15, -0.1) is 0 Å². The molecule has 0 unspecified atom stereocenters. The van der Waals surface area contributed by atoms with Gasteiger partial charge in [-0.3, -0.25) is 0 Å². The molecule has 2 rings (SSSR count). The van der Waals surface area contributed by atoms with Gasteiger partial charge in [0.05, 0.1) is 19.8 Å². The number of hydrogen-bond acceptors (Lipinski definition) is 6. The Kier molecular flexibility index (Phi) is 5.08. The minimum absolute atomic E-state index is 0.0440. The first-order valence-electron chi connectivity index (χ1n) is 7.26. The van der Waals surface area contributed by atoms with Crippen LogP contribution in [0.25, 0.3) is 0 Å². The predicted octanol–water partition coefficient (Wildman–Crippen LogP) is 2.50. The van der Waals surface area contributed by atoms with Gasteiger partial charge in [-0.2, -0.15) is 0 Å². The van der Waals surface area contributed by atoms with Gasteiger partial charge in [0.2, 0.25) is 0 Å². The summed E-state index contributed by atoms with van der Waals surface area (Å²) in [6, 6.07) is 3.21. The standard InChI is InChI=1S/C18H19NO5/c1-11-12(2)15(20)9-8-14(11)19-10-6-5-7-13(17(21)23-3)16(19)18(22)24-4/h5-10,20H,1-4H3. The molecule has 1 N–H and O–H groups in total. The fraction of sp³-hybridized carbons (Fsp3) is 0.222. The van der Waals surface area contributed by atoms with Crippen molar-refractivity contribution < 1.29 is 24.2 Å². The number of phenolic OH excluding ortho intramolecular Hbond substituents is 1. The molecule has 6 nitrogen and oxygen atoms in total. The van der Waals surface area contributed by atoms with Crippen LogP contribution >= 0.6 is 0 Å². The molecule has 0 amide bonds. The number of carbonyl (C=O) groups is 2. The van der Waals surface area contributed by atoms with E-state index in [1.165, 1.54) is 26.4 Å². The maximum absolute atomic E-state index is 12.4. The highest BCUT2D eigenvalue weighted by atomic mass is 16.5. The van der Waals surface area contributed by atoms with Crippen molar-refractivity contribution in [3.8, 4) is 5.75 Å². The predicted molar refractivity (Wildman–Crippen MR) is 89.4 cm³/mol. The van der Waals surface area contributed by atoms with Crippen molar-refractivity contribution in [2.24, 2.45) is 0 Å². The molecule has 0 spiro atoms. The normalized spacial score (nSPS) is 13.8. The lowest BCUT2D eigenvalue weighted by atomic mass is 10.0. The Bertz CT molecular complexity index is 774. The zero-order chi connectivity index (χ0) is 17.9. The number of allylic oxidation sites excluding steroid dienone is 2. The molecule has 126 valence electrons. The summed E-state index contributed by atoms with van der Waals surface area (Å²) in [5.74, 6) is -1.16. The number of nitrogens with zero attached hydrogens (tertiary/aromatic N) is 1. The Balaban J connectivity index is 2.73. The molecule has 0 saturated heterocycles. The van der Waals surface area contributed by atoms with Crippen LogP contribution in [-0.2, 0) is 19.1 Å². The maximum atomic E-state index is 12.4. The minimum Gasteiger partial charge on any atom is -0.508 e. The summed E-state index contributed by atoms with van der Waals surface area (Å²) < 4.78 is 9.63. The highest BCUT2D eigenvalue weighted by Gasteiger charge is 2.28. The van der Waals surface area contributed by atoms with E-state index in [4.69, 9.17) is 9.47 Å². The molecule has 1 aromatic carbocycles. The van der Waals surface area contributed by atoms with Gasteiger partial charge in [-0.1, -0.05) is 6.08 Å². The summed E-state index contributed by atoms with van der Waals surface area (Å²) in [5.41, 5.74) is 2.23. The minimum atomic E-state index is -0.670. The second-order valence-electron chi connectivity index (χ2n) is 5.17. The number of carbonyl (C=O) groups excluding carboxylic acids is 2. The van der Waals surface area contributed by atoms with Crippen molar-refractivity contribution in [1.29, 1.82) is 0 Å². The van der Waals surface area contributed by atoms with Crippen LogP contribution < -0.4 is 4.90 Å². The summed E-state index contributed by atoms with van der Waals surface area (Å²) in [6.07, 6.45) is 6.48. The molecule has 24 heavy (non-hydrogen) atoms. The Labute approximate surface area is 140 Å². The van der Waals surface area contributed by atoms with Crippen LogP contribution in [0, 0.1) is 13.8 Å². The third kappa shape index (κ3) is 3.03. The first-order chi connectivity index (χ1) is 11.4. The van der Waals surface area contributed by atoms with Gasteiger partial charge in [-0.05, 0) is 49.3 Å². The van der Waals surface area contributed by atoms with E-state index in [0.717, 1.165) is 5.56 Å². The SMILES string of the molecule is COC(=O)C1=C(C(=O)OC)N(c2ccc(O)c(C)c2C)C=CC=C1. The molecule has 1 aromatic rings. The molecule has 0 radical (unpaired) electrons. The number of rotatable bonds is 3. The van der Waals surface area contributed by atoms with Crippen molar-refractivity contribution in [2.75, 3.05) is 19.1 Å². The summed E-state index contributed by atoms with van der Waals surface area (Å²) in [5, 5.41) is 9.85. The third-order valence-electron chi connectivity index (χ3n) is 3.88. The summed E-state index contributed by atoms with van der Waals surface area (Å²) >= 11 is 0. The zero-order valence-electron chi connectivity index (χ0n) is 14.0. The maximum Gasteiger partial charge on any atom is 0.355 e. The summed E-state index contributed by atoms with van der Waals surface area (Å²) in [4.78, 5) is 26.0. The van der Waals surface area contributed by atoms with Gasteiger partial charge < -0.3 is 19.5 Å². The van der Waals surface area contributed by atoms with E-state index in [1.54, 1.807) is 36.2 Å².